The maximum absolute atomic E-state index is 13.2. The summed E-state index contributed by atoms with van der Waals surface area (Å²) in [7, 11) is 1.39. The summed E-state index contributed by atoms with van der Waals surface area (Å²) in [6.07, 6.45) is 1.32. The lowest BCUT2D eigenvalue weighted by molar-refractivity contribution is -0.122. The summed E-state index contributed by atoms with van der Waals surface area (Å²) >= 11 is 0. The number of barbiturate groups is 1. The van der Waals surface area contributed by atoms with Gasteiger partial charge < -0.3 is 19.5 Å². The molecule has 0 radical (unpaired) electrons. The van der Waals surface area contributed by atoms with Crippen molar-refractivity contribution in [1.29, 1.82) is 0 Å². The van der Waals surface area contributed by atoms with E-state index in [0.717, 1.165) is 4.90 Å². The number of amides is 5. The average molecular weight is 534 g/mol. The third-order valence-corrected chi connectivity index (χ3v) is 5.49. The maximum atomic E-state index is 13.2. The molecule has 0 spiro atoms. The Hall–Kier alpha value is -5.19. The molecule has 1 aliphatic heterocycles. The van der Waals surface area contributed by atoms with Gasteiger partial charge in [0.1, 0.15) is 17.1 Å². The van der Waals surface area contributed by atoms with E-state index in [-0.39, 0.29) is 29.4 Å². The van der Waals surface area contributed by atoms with E-state index >= 15 is 0 Å². The summed E-state index contributed by atoms with van der Waals surface area (Å²) in [6, 6.07) is 15.3. The van der Waals surface area contributed by atoms with Gasteiger partial charge in [-0.25, -0.2) is 14.1 Å². The molecule has 200 valence electrons. The van der Waals surface area contributed by atoms with Crippen molar-refractivity contribution in [3.63, 3.8) is 0 Å². The Morgan fingerprint density at radius 2 is 1.69 bits per heavy atom. The van der Waals surface area contributed by atoms with Crippen LogP contribution in [0.2, 0.25) is 0 Å². The number of benzene rings is 3. The molecule has 3 aromatic rings. The molecule has 1 fully saturated rings. The van der Waals surface area contributed by atoms with Crippen LogP contribution in [0.1, 0.15) is 12.5 Å². The van der Waals surface area contributed by atoms with Crippen molar-refractivity contribution in [1.82, 2.24) is 5.32 Å². The quantitative estimate of drug-likeness (QED) is 0.316. The second-order valence-electron chi connectivity index (χ2n) is 8.14. The lowest BCUT2D eigenvalue weighted by atomic mass is 10.1. The highest BCUT2D eigenvalue weighted by molar-refractivity contribution is 6.39. The molecule has 1 aliphatic rings. The van der Waals surface area contributed by atoms with Crippen LogP contribution >= 0.6 is 0 Å². The summed E-state index contributed by atoms with van der Waals surface area (Å²) in [5.41, 5.74) is 0.819. The Bertz CT molecular complexity index is 1440. The number of imide groups is 2. The molecule has 1 heterocycles. The number of rotatable bonds is 9. The van der Waals surface area contributed by atoms with Crippen molar-refractivity contribution in [3.8, 4) is 17.2 Å². The number of carbonyl (C=O) groups is 4. The molecule has 5 amide bonds. The first-order valence-electron chi connectivity index (χ1n) is 11.8. The van der Waals surface area contributed by atoms with Gasteiger partial charge in [-0.05, 0) is 79.2 Å². The number of nitrogens with one attached hydrogen (secondary N) is 2. The molecule has 11 heteroatoms. The molecule has 0 saturated carbocycles. The topological polar surface area (TPSA) is 123 Å². The van der Waals surface area contributed by atoms with E-state index in [0.29, 0.717) is 23.6 Å². The Morgan fingerprint density at radius 1 is 0.974 bits per heavy atom. The van der Waals surface area contributed by atoms with Gasteiger partial charge in [-0.15, -0.1) is 0 Å². The summed E-state index contributed by atoms with van der Waals surface area (Å²) in [5, 5.41) is 4.75. The SMILES string of the molecule is CCOc1ccc(N2C(=O)NC(=O)/C(=C\c3ccc(OCC(=O)Nc4ccc(F)cc4)c(OC)c3)C2=O)cc1. The number of urea groups is 1. The minimum atomic E-state index is -0.869. The van der Waals surface area contributed by atoms with Crippen molar-refractivity contribution >= 4 is 41.2 Å². The summed E-state index contributed by atoms with van der Waals surface area (Å²) in [5.74, 6) is -1.50. The number of carbonyl (C=O) groups excluding carboxylic acids is 4. The van der Waals surface area contributed by atoms with E-state index in [1.54, 1.807) is 18.2 Å². The molecular weight excluding hydrogens is 509 g/mol. The van der Waals surface area contributed by atoms with E-state index in [1.807, 2.05) is 6.92 Å². The zero-order valence-electron chi connectivity index (χ0n) is 21.0. The first-order valence-corrected chi connectivity index (χ1v) is 11.8. The third kappa shape index (κ3) is 6.39. The Balaban J connectivity index is 1.49. The van der Waals surface area contributed by atoms with E-state index in [2.05, 4.69) is 10.6 Å². The second kappa shape index (κ2) is 11.9. The van der Waals surface area contributed by atoms with Crippen LogP contribution in [0, 0.1) is 5.82 Å². The van der Waals surface area contributed by atoms with Crippen molar-refractivity contribution in [3.05, 3.63) is 83.7 Å². The van der Waals surface area contributed by atoms with Gasteiger partial charge in [0.15, 0.2) is 18.1 Å². The fraction of sp³-hybridized carbons (Fsp3) is 0.143. The molecule has 4 rings (SSSR count). The molecule has 0 unspecified atom stereocenters. The van der Waals surface area contributed by atoms with Gasteiger partial charge in [-0.3, -0.25) is 19.7 Å². The summed E-state index contributed by atoms with van der Waals surface area (Å²) < 4.78 is 29.3. The Morgan fingerprint density at radius 3 is 2.36 bits per heavy atom. The van der Waals surface area contributed by atoms with E-state index < -0.39 is 29.6 Å². The van der Waals surface area contributed by atoms with Gasteiger partial charge in [0.2, 0.25) is 0 Å². The fourth-order valence-corrected chi connectivity index (χ4v) is 3.68. The normalized spacial score (nSPS) is 14.2. The first kappa shape index (κ1) is 26.9. The lowest BCUT2D eigenvalue weighted by Crippen LogP contribution is -2.54. The minimum absolute atomic E-state index is 0.236. The molecule has 10 nitrogen and oxygen atoms in total. The van der Waals surface area contributed by atoms with Gasteiger partial charge in [0.05, 0.1) is 19.4 Å². The maximum Gasteiger partial charge on any atom is 0.335 e. The van der Waals surface area contributed by atoms with Crippen LogP contribution in [0.25, 0.3) is 6.08 Å². The van der Waals surface area contributed by atoms with Crippen LogP contribution in [-0.4, -0.2) is 44.1 Å². The molecule has 2 N–H and O–H groups in total. The van der Waals surface area contributed by atoms with Crippen LogP contribution in [0.5, 0.6) is 17.2 Å². The lowest BCUT2D eigenvalue weighted by Gasteiger charge is -2.26. The zero-order valence-corrected chi connectivity index (χ0v) is 21.0. The molecule has 0 bridgehead atoms. The van der Waals surface area contributed by atoms with Crippen LogP contribution in [0.3, 0.4) is 0 Å². The highest BCUT2D eigenvalue weighted by Gasteiger charge is 2.36. The van der Waals surface area contributed by atoms with Gasteiger partial charge >= 0.3 is 6.03 Å². The van der Waals surface area contributed by atoms with E-state index in [9.17, 15) is 23.6 Å². The van der Waals surface area contributed by atoms with Crippen LogP contribution in [0.4, 0.5) is 20.6 Å². The van der Waals surface area contributed by atoms with Gasteiger partial charge in [-0.1, -0.05) is 6.07 Å². The monoisotopic (exact) mass is 533 g/mol. The standard InChI is InChI=1S/C28H24FN3O7/c1-3-38-21-11-9-20(10-12-21)32-27(35)22(26(34)31-28(32)36)14-17-4-13-23(24(15-17)37-2)39-16-25(33)30-19-7-5-18(29)6-8-19/h4-15H,3,16H2,1-2H3,(H,30,33)(H,31,34,36)/b22-14+. The fourth-order valence-electron chi connectivity index (χ4n) is 3.68. The highest BCUT2D eigenvalue weighted by Crippen LogP contribution is 2.30. The zero-order chi connectivity index (χ0) is 27.9. The highest BCUT2D eigenvalue weighted by atomic mass is 19.1. The predicted octanol–water partition coefficient (Wildman–Crippen LogP) is 3.92. The number of anilines is 2. The molecule has 3 aromatic carbocycles. The third-order valence-electron chi connectivity index (χ3n) is 5.49. The smallest absolute Gasteiger partial charge is 0.335 e. The van der Waals surface area contributed by atoms with Crippen LogP contribution in [-0.2, 0) is 14.4 Å². The summed E-state index contributed by atoms with van der Waals surface area (Å²) in [6.45, 7) is 1.94. The van der Waals surface area contributed by atoms with Crippen molar-refractivity contribution in [2.45, 2.75) is 6.92 Å². The second-order valence-corrected chi connectivity index (χ2v) is 8.14. The van der Waals surface area contributed by atoms with Crippen molar-refractivity contribution in [2.24, 2.45) is 0 Å². The van der Waals surface area contributed by atoms with E-state index in [1.165, 1.54) is 61.7 Å². The average Bonchev–Trinajstić information content (AvgIpc) is 2.92. The largest absolute Gasteiger partial charge is 0.494 e. The van der Waals surface area contributed by atoms with Gasteiger partial charge in [-0.2, -0.15) is 0 Å². The number of halogens is 1. The first-order chi connectivity index (χ1) is 18.8. The molecule has 0 aromatic heterocycles. The van der Waals surface area contributed by atoms with Crippen LogP contribution in [0.15, 0.2) is 72.3 Å². The molecular formula is C28H24FN3O7. The molecule has 0 atom stereocenters. The van der Waals surface area contributed by atoms with Crippen molar-refractivity contribution < 1.29 is 37.8 Å². The number of nitrogens with zero attached hydrogens (tertiary/aromatic N) is 1. The van der Waals surface area contributed by atoms with Crippen LogP contribution < -0.4 is 29.7 Å². The number of hydrogen-bond donors (Lipinski definition) is 2. The van der Waals surface area contributed by atoms with Gasteiger partial charge in [0.25, 0.3) is 17.7 Å². The number of ether oxygens (including phenoxy) is 3. The Labute approximate surface area is 223 Å². The molecule has 39 heavy (non-hydrogen) atoms. The van der Waals surface area contributed by atoms with E-state index in [4.69, 9.17) is 14.2 Å². The molecule has 0 aliphatic carbocycles. The Kier molecular flexibility index (Phi) is 8.20. The van der Waals surface area contributed by atoms with Crippen molar-refractivity contribution in [2.75, 3.05) is 30.5 Å². The number of hydrogen-bond acceptors (Lipinski definition) is 7. The summed E-state index contributed by atoms with van der Waals surface area (Å²) in [4.78, 5) is 51.2. The minimum Gasteiger partial charge on any atom is -0.494 e. The predicted molar refractivity (Wildman–Crippen MR) is 140 cm³/mol. The van der Waals surface area contributed by atoms with Gasteiger partial charge in [0, 0.05) is 5.69 Å². The number of methoxy groups -OCH3 is 1. The molecule has 1 saturated heterocycles.